The molecule has 0 bridgehead atoms. The highest BCUT2D eigenvalue weighted by Crippen LogP contribution is 2.33. The number of para-hydroxylation sites is 1. The summed E-state index contributed by atoms with van der Waals surface area (Å²) < 4.78 is 7.79. The number of hydrogen-bond acceptors (Lipinski definition) is 8. The first-order valence-electron chi connectivity index (χ1n) is 11.7. The Bertz CT molecular complexity index is 1580. The Morgan fingerprint density at radius 3 is 2.42 bits per heavy atom. The zero-order valence-corrected chi connectivity index (χ0v) is 20.8. The van der Waals surface area contributed by atoms with E-state index in [0.29, 0.717) is 22.5 Å². The Labute approximate surface area is 217 Å². The van der Waals surface area contributed by atoms with E-state index in [0.717, 1.165) is 22.1 Å². The van der Waals surface area contributed by atoms with Crippen molar-refractivity contribution in [1.82, 2.24) is 14.8 Å². The molecule has 1 aliphatic rings. The monoisotopic (exact) mass is 509 g/mol. The summed E-state index contributed by atoms with van der Waals surface area (Å²) in [5.41, 5.74) is 4.84. The quantitative estimate of drug-likeness (QED) is 0.177. The van der Waals surface area contributed by atoms with Gasteiger partial charge in [-0.1, -0.05) is 30.3 Å². The van der Waals surface area contributed by atoms with Crippen molar-refractivity contribution in [3.63, 3.8) is 0 Å². The number of aryl methyl sites for hydroxylation is 1. The van der Waals surface area contributed by atoms with E-state index in [2.05, 4.69) is 20.4 Å². The zero-order chi connectivity index (χ0) is 26.8. The first-order valence-corrected chi connectivity index (χ1v) is 11.7. The largest absolute Gasteiger partial charge is 0.446 e. The molecule has 1 atom stereocenters. The number of carbonyl (C=O) groups is 1. The third kappa shape index (κ3) is 4.76. The maximum atomic E-state index is 12.2. The van der Waals surface area contributed by atoms with Crippen molar-refractivity contribution in [1.29, 1.82) is 0 Å². The van der Waals surface area contributed by atoms with Gasteiger partial charge >= 0.3 is 0 Å². The molecular weight excluding hydrogens is 486 g/mol. The van der Waals surface area contributed by atoms with Gasteiger partial charge in [-0.25, -0.2) is 4.68 Å². The van der Waals surface area contributed by atoms with Crippen LogP contribution in [0.15, 0.2) is 94.2 Å². The van der Waals surface area contributed by atoms with E-state index in [1.54, 1.807) is 36.4 Å². The van der Waals surface area contributed by atoms with Gasteiger partial charge < -0.3 is 4.74 Å². The van der Waals surface area contributed by atoms with Crippen LogP contribution in [-0.4, -0.2) is 31.5 Å². The fourth-order valence-electron chi connectivity index (χ4n) is 4.07. The molecule has 1 aromatic heterocycles. The van der Waals surface area contributed by atoms with Gasteiger partial charge in [-0.2, -0.15) is 15.2 Å². The molecule has 0 N–H and O–H groups in total. The molecule has 2 heterocycles. The van der Waals surface area contributed by atoms with Crippen LogP contribution in [0.1, 0.15) is 35.7 Å². The van der Waals surface area contributed by atoms with Gasteiger partial charge in [0.15, 0.2) is 0 Å². The maximum Gasteiger partial charge on any atom is 0.269 e. The summed E-state index contributed by atoms with van der Waals surface area (Å²) in [5, 5.41) is 30.0. The molecule has 38 heavy (non-hydrogen) atoms. The van der Waals surface area contributed by atoms with E-state index in [-0.39, 0.29) is 17.5 Å². The lowest BCUT2D eigenvalue weighted by atomic mass is 10.1. The van der Waals surface area contributed by atoms with Crippen molar-refractivity contribution in [3.05, 3.63) is 111 Å². The number of carbonyl (C=O) groups excluding carboxylic acids is 1. The van der Waals surface area contributed by atoms with Crippen molar-refractivity contribution in [2.45, 2.75) is 27.0 Å². The molecule has 3 aromatic carbocycles. The average molecular weight is 510 g/mol. The Morgan fingerprint density at radius 2 is 1.74 bits per heavy atom. The minimum absolute atomic E-state index is 0.0995. The summed E-state index contributed by atoms with van der Waals surface area (Å²) in [6.07, 6.45) is -0.908. The van der Waals surface area contributed by atoms with Gasteiger partial charge in [-0.3, -0.25) is 14.9 Å². The third-order valence-electron chi connectivity index (χ3n) is 5.97. The standard InChI is InChI=1S/C27H23N7O4/c1-17-25(18(2)32(30-17)23-9-5-4-6-10-23)29-28-22-14-12-20(13-15-22)26-31-33(19(3)35)27(38-26)21-8-7-11-24(16-21)34(36)37/h4-16,27H,1-3H3. The summed E-state index contributed by atoms with van der Waals surface area (Å²) >= 11 is 0. The zero-order valence-electron chi connectivity index (χ0n) is 20.8. The number of hydrazone groups is 1. The summed E-state index contributed by atoms with van der Waals surface area (Å²) in [7, 11) is 0. The minimum Gasteiger partial charge on any atom is -0.446 e. The predicted molar refractivity (Wildman–Crippen MR) is 140 cm³/mol. The molecule has 4 aromatic rings. The van der Waals surface area contributed by atoms with Gasteiger partial charge in [0.05, 0.1) is 27.7 Å². The van der Waals surface area contributed by atoms with E-state index >= 15 is 0 Å². The lowest BCUT2D eigenvalue weighted by Gasteiger charge is -2.19. The molecule has 0 spiro atoms. The van der Waals surface area contributed by atoms with Crippen molar-refractivity contribution < 1.29 is 14.5 Å². The Hall–Kier alpha value is -5.19. The van der Waals surface area contributed by atoms with E-state index in [4.69, 9.17) is 4.74 Å². The Morgan fingerprint density at radius 1 is 1.00 bits per heavy atom. The van der Waals surface area contributed by atoms with Gasteiger partial charge in [0.2, 0.25) is 18.0 Å². The average Bonchev–Trinajstić information content (AvgIpc) is 3.50. The first kappa shape index (κ1) is 24.5. The number of amides is 1. The van der Waals surface area contributed by atoms with Crippen LogP contribution in [0.25, 0.3) is 5.69 Å². The van der Waals surface area contributed by atoms with Gasteiger partial charge in [-0.05, 0) is 50.2 Å². The molecule has 0 saturated carbocycles. The van der Waals surface area contributed by atoms with E-state index < -0.39 is 11.2 Å². The van der Waals surface area contributed by atoms with Gasteiger partial charge in [0.1, 0.15) is 5.69 Å². The molecule has 190 valence electrons. The molecule has 5 rings (SSSR count). The number of nitro benzene ring substituents is 1. The van der Waals surface area contributed by atoms with Crippen molar-refractivity contribution in [2.75, 3.05) is 0 Å². The van der Waals surface area contributed by atoms with Gasteiger partial charge in [-0.15, -0.1) is 10.2 Å². The molecule has 11 nitrogen and oxygen atoms in total. The third-order valence-corrected chi connectivity index (χ3v) is 5.97. The number of azo groups is 1. The normalized spacial score (nSPS) is 15.0. The van der Waals surface area contributed by atoms with Crippen LogP contribution in [0, 0.1) is 24.0 Å². The second-order valence-electron chi connectivity index (χ2n) is 8.60. The first-order chi connectivity index (χ1) is 18.3. The highest BCUT2D eigenvalue weighted by molar-refractivity contribution is 5.96. The van der Waals surface area contributed by atoms with Crippen LogP contribution in [0.2, 0.25) is 0 Å². The number of rotatable bonds is 6. The van der Waals surface area contributed by atoms with E-state index in [9.17, 15) is 14.9 Å². The van der Waals surface area contributed by atoms with Crippen LogP contribution < -0.4 is 0 Å². The number of aromatic nitrogens is 2. The number of non-ortho nitro benzene ring substituents is 1. The molecule has 0 saturated heterocycles. The molecule has 1 unspecified atom stereocenters. The Kier molecular flexibility index (Phi) is 6.48. The summed E-state index contributed by atoms with van der Waals surface area (Å²) in [4.78, 5) is 22.9. The molecule has 0 radical (unpaired) electrons. The number of ether oxygens (including phenoxy) is 1. The second kappa shape index (κ2) is 10.1. The molecular formula is C27H23N7O4. The van der Waals surface area contributed by atoms with Crippen molar-refractivity contribution in [2.24, 2.45) is 15.3 Å². The van der Waals surface area contributed by atoms with Crippen LogP contribution in [0.3, 0.4) is 0 Å². The molecule has 0 fully saturated rings. The van der Waals surface area contributed by atoms with Crippen LogP contribution >= 0.6 is 0 Å². The Balaban J connectivity index is 1.35. The molecule has 1 amide bonds. The summed E-state index contributed by atoms with van der Waals surface area (Å²) in [6.45, 7) is 5.18. The number of hydrogen-bond donors (Lipinski definition) is 0. The maximum absolute atomic E-state index is 12.2. The second-order valence-corrected chi connectivity index (χ2v) is 8.60. The topological polar surface area (TPSA) is 128 Å². The molecule has 1 aliphatic heterocycles. The molecule has 0 aliphatic carbocycles. The minimum atomic E-state index is -0.908. The highest BCUT2D eigenvalue weighted by atomic mass is 16.6. The smallest absolute Gasteiger partial charge is 0.269 e. The number of nitrogens with zero attached hydrogens (tertiary/aromatic N) is 7. The van der Waals surface area contributed by atoms with Gasteiger partial charge in [0.25, 0.3) is 5.69 Å². The molecule has 11 heteroatoms. The van der Waals surface area contributed by atoms with Crippen LogP contribution in [-0.2, 0) is 9.53 Å². The predicted octanol–water partition coefficient (Wildman–Crippen LogP) is 6.05. The highest BCUT2D eigenvalue weighted by Gasteiger charge is 2.33. The lowest BCUT2D eigenvalue weighted by molar-refractivity contribution is -0.385. The summed E-state index contributed by atoms with van der Waals surface area (Å²) in [6, 6.07) is 22.8. The van der Waals surface area contributed by atoms with E-state index in [1.807, 2.05) is 48.9 Å². The lowest BCUT2D eigenvalue weighted by Crippen LogP contribution is -2.25. The SMILES string of the molecule is CC(=O)N1N=C(c2ccc(N=Nc3c(C)nn(-c4ccccc4)c3C)cc2)OC1c1cccc([N+](=O)[O-])c1. The fraction of sp³-hybridized carbons (Fsp3) is 0.148. The van der Waals surface area contributed by atoms with E-state index in [1.165, 1.54) is 19.1 Å². The van der Waals surface area contributed by atoms with Crippen molar-refractivity contribution >= 4 is 28.9 Å². The number of benzene rings is 3. The fourth-order valence-corrected chi connectivity index (χ4v) is 4.07. The number of nitro groups is 1. The van der Waals surface area contributed by atoms with Crippen LogP contribution in [0.5, 0.6) is 0 Å². The summed E-state index contributed by atoms with van der Waals surface area (Å²) in [5.74, 6) is -0.139. The van der Waals surface area contributed by atoms with Gasteiger partial charge in [0, 0.05) is 30.2 Å². The van der Waals surface area contributed by atoms with Crippen molar-refractivity contribution in [3.8, 4) is 5.69 Å². The van der Waals surface area contributed by atoms with Crippen LogP contribution in [0.4, 0.5) is 17.1 Å².